The van der Waals surface area contributed by atoms with Crippen molar-refractivity contribution in [3.63, 3.8) is 0 Å². The Labute approximate surface area is 88.6 Å². The van der Waals surface area contributed by atoms with E-state index in [0.717, 1.165) is 6.42 Å². The molecule has 1 heterocycles. The van der Waals surface area contributed by atoms with Gasteiger partial charge in [-0.1, -0.05) is 6.92 Å². The third-order valence-corrected chi connectivity index (χ3v) is 1.73. The molecule has 0 radical (unpaired) electrons. The minimum absolute atomic E-state index is 0.262. The molecule has 0 spiro atoms. The molecule has 1 rings (SSSR count). The topological polar surface area (TPSA) is 77.3 Å². The number of hydrogen-bond donors (Lipinski definition) is 2. The Hall–Kier alpha value is -1.49. The van der Waals surface area contributed by atoms with Crippen molar-refractivity contribution in [1.82, 2.24) is 4.98 Å². The highest BCUT2D eigenvalue weighted by molar-refractivity contribution is 5.88. The molecule has 0 atom stereocenters. The van der Waals surface area contributed by atoms with E-state index in [9.17, 15) is 4.79 Å². The van der Waals surface area contributed by atoms with E-state index in [1.807, 2.05) is 6.92 Å². The monoisotopic (exact) mass is 212 g/mol. The lowest BCUT2D eigenvalue weighted by Crippen LogP contribution is -2.11. The molecule has 1 aromatic heterocycles. The zero-order valence-corrected chi connectivity index (χ0v) is 8.79. The number of nitrogens with one attached hydrogen (secondary N) is 1. The summed E-state index contributed by atoms with van der Waals surface area (Å²) < 4.78 is 10.1. The van der Waals surface area contributed by atoms with E-state index in [1.54, 1.807) is 6.20 Å². The molecule has 0 aliphatic carbocycles. The maximum Gasteiger partial charge on any atom is 0.354 e. The average molecular weight is 212 g/mol. The second-order valence-electron chi connectivity index (χ2n) is 3.09. The first-order chi connectivity index (χ1) is 7.24. The van der Waals surface area contributed by atoms with Crippen molar-refractivity contribution in [3.05, 3.63) is 18.0 Å². The van der Waals surface area contributed by atoms with Gasteiger partial charge in [0.2, 0.25) is 0 Å². The van der Waals surface area contributed by atoms with Gasteiger partial charge in [-0.3, -0.25) is 0 Å². The van der Waals surface area contributed by atoms with E-state index < -0.39 is 5.97 Å². The predicted molar refractivity (Wildman–Crippen MR) is 56.6 cm³/mol. The van der Waals surface area contributed by atoms with Gasteiger partial charge in [-0.05, 0) is 12.5 Å². The summed E-state index contributed by atoms with van der Waals surface area (Å²) in [6.07, 6.45) is 2.51. The largest absolute Gasteiger partial charge is 0.459 e. The first-order valence-electron chi connectivity index (χ1n) is 4.92. The van der Waals surface area contributed by atoms with Crippen LogP contribution in [-0.2, 0) is 9.47 Å². The predicted octanol–water partition coefficient (Wildman–Crippen LogP) is 1.18. The number of nitrogens with two attached hydrogens (primary N) is 1. The molecule has 1 aromatic rings. The van der Waals surface area contributed by atoms with Crippen LogP contribution in [0.4, 0.5) is 5.69 Å². The molecule has 0 aliphatic heterocycles. The van der Waals surface area contributed by atoms with Crippen molar-refractivity contribution in [2.24, 2.45) is 0 Å². The van der Waals surface area contributed by atoms with Gasteiger partial charge in [0, 0.05) is 12.8 Å². The molecule has 5 nitrogen and oxygen atoms in total. The number of rotatable bonds is 6. The van der Waals surface area contributed by atoms with Gasteiger partial charge in [-0.2, -0.15) is 0 Å². The molecule has 0 aliphatic rings. The highest BCUT2D eigenvalue weighted by Gasteiger charge is 2.08. The van der Waals surface area contributed by atoms with Crippen LogP contribution in [0.25, 0.3) is 0 Å². The number of carbonyl (C=O) groups is 1. The van der Waals surface area contributed by atoms with Gasteiger partial charge in [0.15, 0.2) is 0 Å². The Balaban J connectivity index is 2.19. The number of carbonyl (C=O) groups excluding carboxylic acids is 1. The molecule has 0 unspecified atom stereocenters. The second-order valence-corrected chi connectivity index (χ2v) is 3.09. The lowest BCUT2D eigenvalue weighted by atomic mass is 10.4. The fourth-order valence-corrected chi connectivity index (χ4v) is 1.05. The van der Waals surface area contributed by atoms with Gasteiger partial charge >= 0.3 is 5.97 Å². The lowest BCUT2D eigenvalue weighted by Gasteiger charge is -2.03. The Morgan fingerprint density at radius 1 is 1.47 bits per heavy atom. The van der Waals surface area contributed by atoms with Gasteiger partial charge in [-0.25, -0.2) is 4.79 Å². The van der Waals surface area contributed by atoms with E-state index in [4.69, 9.17) is 15.2 Å². The van der Waals surface area contributed by atoms with Crippen LogP contribution in [0.3, 0.4) is 0 Å². The number of H-pyrrole nitrogens is 1. The van der Waals surface area contributed by atoms with E-state index in [-0.39, 0.29) is 6.61 Å². The minimum Gasteiger partial charge on any atom is -0.459 e. The maximum absolute atomic E-state index is 11.3. The van der Waals surface area contributed by atoms with Gasteiger partial charge in [0.25, 0.3) is 0 Å². The molecule has 0 fully saturated rings. The van der Waals surface area contributed by atoms with Gasteiger partial charge < -0.3 is 20.2 Å². The van der Waals surface area contributed by atoms with E-state index >= 15 is 0 Å². The standard InChI is InChI=1S/C10H16N2O3/c1-2-3-14-4-5-15-10(13)9-6-8(11)7-12-9/h6-7,12H,2-5,11H2,1H3. The summed E-state index contributed by atoms with van der Waals surface area (Å²) in [5.74, 6) is -0.410. The SMILES string of the molecule is CCCOCCOC(=O)c1cc(N)c[nH]1. The first-order valence-corrected chi connectivity index (χ1v) is 4.92. The van der Waals surface area contributed by atoms with Gasteiger partial charge in [0.1, 0.15) is 12.3 Å². The first kappa shape index (κ1) is 11.6. The van der Waals surface area contributed by atoms with Crippen molar-refractivity contribution in [3.8, 4) is 0 Å². The number of hydrogen-bond acceptors (Lipinski definition) is 4. The van der Waals surface area contributed by atoms with Crippen molar-refractivity contribution in [2.75, 3.05) is 25.6 Å². The van der Waals surface area contributed by atoms with E-state index in [0.29, 0.717) is 24.6 Å². The molecule has 0 amide bonds. The van der Waals surface area contributed by atoms with Crippen LogP contribution in [0.5, 0.6) is 0 Å². The normalized spacial score (nSPS) is 10.2. The molecule has 0 saturated heterocycles. The Bertz CT molecular complexity index is 309. The molecule has 3 N–H and O–H groups in total. The molecule has 0 saturated carbocycles. The highest BCUT2D eigenvalue weighted by Crippen LogP contribution is 2.05. The van der Waals surface area contributed by atoms with Crippen LogP contribution in [0.2, 0.25) is 0 Å². The lowest BCUT2D eigenvalue weighted by molar-refractivity contribution is 0.0313. The Morgan fingerprint density at radius 3 is 2.87 bits per heavy atom. The van der Waals surface area contributed by atoms with Crippen LogP contribution in [0.15, 0.2) is 12.3 Å². The third-order valence-electron chi connectivity index (χ3n) is 1.73. The van der Waals surface area contributed by atoms with Crippen LogP contribution < -0.4 is 5.73 Å². The fourth-order valence-electron chi connectivity index (χ4n) is 1.05. The highest BCUT2D eigenvalue weighted by atomic mass is 16.6. The molecule has 0 bridgehead atoms. The quantitative estimate of drug-likeness (QED) is 0.548. The van der Waals surface area contributed by atoms with Crippen LogP contribution in [0, 0.1) is 0 Å². The molecule has 84 valence electrons. The minimum atomic E-state index is -0.410. The fraction of sp³-hybridized carbons (Fsp3) is 0.500. The number of anilines is 1. The van der Waals surface area contributed by atoms with Crippen molar-refractivity contribution in [1.29, 1.82) is 0 Å². The summed E-state index contributed by atoms with van der Waals surface area (Å²) >= 11 is 0. The van der Waals surface area contributed by atoms with Crippen LogP contribution in [-0.4, -0.2) is 30.8 Å². The number of ether oxygens (including phenoxy) is 2. The molecular formula is C10H16N2O3. The van der Waals surface area contributed by atoms with E-state index in [1.165, 1.54) is 6.07 Å². The second kappa shape index (κ2) is 6.08. The zero-order valence-electron chi connectivity index (χ0n) is 8.79. The summed E-state index contributed by atoms with van der Waals surface area (Å²) in [4.78, 5) is 14.0. The summed E-state index contributed by atoms with van der Waals surface area (Å²) in [7, 11) is 0. The van der Waals surface area contributed by atoms with Crippen LogP contribution in [0.1, 0.15) is 23.8 Å². The van der Waals surface area contributed by atoms with Crippen molar-refractivity contribution in [2.45, 2.75) is 13.3 Å². The molecule has 5 heteroatoms. The summed E-state index contributed by atoms with van der Waals surface area (Å²) in [6, 6.07) is 1.54. The third kappa shape index (κ3) is 4.03. The number of esters is 1. The van der Waals surface area contributed by atoms with E-state index in [2.05, 4.69) is 4.98 Å². The molecule has 0 aromatic carbocycles. The summed E-state index contributed by atoms with van der Waals surface area (Å²) in [6.45, 7) is 3.40. The summed E-state index contributed by atoms with van der Waals surface area (Å²) in [5, 5.41) is 0. The van der Waals surface area contributed by atoms with Crippen molar-refractivity contribution < 1.29 is 14.3 Å². The number of aromatic nitrogens is 1. The smallest absolute Gasteiger partial charge is 0.354 e. The molecular weight excluding hydrogens is 196 g/mol. The van der Waals surface area contributed by atoms with Gasteiger partial charge in [-0.15, -0.1) is 0 Å². The number of nitrogen functional groups attached to an aromatic ring is 1. The van der Waals surface area contributed by atoms with Gasteiger partial charge in [0.05, 0.1) is 12.3 Å². The van der Waals surface area contributed by atoms with Crippen molar-refractivity contribution >= 4 is 11.7 Å². The number of aromatic amines is 1. The maximum atomic E-state index is 11.3. The summed E-state index contributed by atoms with van der Waals surface area (Å²) in [5.41, 5.74) is 6.33. The Kier molecular flexibility index (Phi) is 4.70. The Morgan fingerprint density at radius 2 is 2.27 bits per heavy atom. The zero-order chi connectivity index (χ0) is 11.1. The molecule has 15 heavy (non-hydrogen) atoms. The van der Waals surface area contributed by atoms with Crippen LogP contribution >= 0.6 is 0 Å². The average Bonchev–Trinajstić information content (AvgIpc) is 2.64.